The van der Waals surface area contributed by atoms with Crippen molar-refractivity contribution in [2.24, 2.45) is 5.41 Å². The first-order chi connectivity index (χ1) is 10.2. The average Bonchev–Trinajstić information content (AvgIpc) is 2.34. The highest BCUT2D eigenvalue weighted by Crippen LogP contribution is 2.44. The molecule has 1 aliphatic rings. The minimum atomic E-state index is -0.872. The number of hydrogen-bond donors (Lipinski definition) is 2. The summed E-state index contributed by atoms with van der Waals surface area (Å²) in [6.07, 6.45) is 2.06. The second-order valence-electron chi connectivity index (χ2n) is 6.90. The molecule has 0 unspecified atom stereocenters. The van der Waals surface area contributed by atoms with Gasteiger partial charge in [0.1, 0.15) is 11.4 Å². The number of rotatable bonds is 5. The van der Waals surface area contributed by atoms with Gasteiger partial charge in [-0.05, 0) is 57.9 Å². The Bertz CT molecular complexity index is 553. The summed E-state index contributed by atoms with van der Waals surface area (Å²) in [5.41, 5.74) is -0.492. The lowest BCUT2D eigenvalue weighted by atomic mass is 9.66. The minimum absolute atomic E-state index is 0.0303. The minimum Gasteiger partial charge on any atom is -0.488 e. The van der Waals surface area contributed by atoms with Gasteiger partial charge in [0.2, 0.25) is 5.91 Å². The van der Waals surface area contributed by atoms with Crippen LogP contribution in [0.2, 0.25) is 0 Å². The molecule has 22 heavy (non-hydrogen) atoms. The lowest BCUT2D eigenvalue weighted by molar-refractivity contribution is -0.157. The van der Waals surface area contributed by atoms with Crippen molar-refractivity contribution < 1.29 is 19.4 Å². The van der Waals surface area contributed by atoms with Crippen LogP contribution in [0.15, 0.2) is 24.3 Å². The van der Waals surface area contributed by atoms with E-state index in [0.29, 0.717) is 18.5 Å². The van der Waals surface area contributed by atoms with Crippen molar-refractivity contribution in [1.82, 2.24) is 0 Å². The van der Waals surface area contributed by atoms with E-state index in [1.54, 1.807) is 24.3 Å². The highest BCUT2D eigenvalue weighted by molar-refractivity contribution is 5.94. The summed E-state index contributed by atoms with van der Waals surface area (Å²) in [6, 6.07) is 7.09. The van der Waals surface area contributed by atoms with Crippen LogP contribution in [0.1, 0.15) is 46.5 Å². The van der Waals surface area contributed by atoms with E-state index in [0.717, 1.165) is 12.2 Å². The summed E-state index contributed by atoms with van der Waals surface area (Å²) in [5, 5.41) is 12.0. The highest BCUT2D eigenvalue weighted by atomic mass is 16.5. The number of carbonyl (C=O) groups excluding carboxylic acids is 1. The van der Waals surface area contributed by atoms with E-state index in [-0.39, 0.29) is 17.9 Å². The molecule has 5 heteroatoms. The fraction of sp³-hybridized carbons (Fsp3) is 0.529. The Hall–Kier alpha value is -2.04. The predicted molar refractivity (Wildman–Crippen MR) is 84.0 cm³/mol. The van der Waals surface area contributed by atoms with Gasteiger partial charge >= 0.3 is 5.97 Å². The Kier molecular flexibility index (Phi) is 4.44. The van der Waals surface area contributed by atoms with Gasteiger partial charge in [0.15, 0.2) is 0 Å². The van der Waals surface area contributed by atoms with Crippen LogP contribution < -0.4 is 10.1 Å². The van der Waals surface area contributed by atoms with Crippen LogP contribution in [0.25, 0.3) is 0 Å². The molecule has 1 saturated carbocycles. The number of aliphatic carboxylic acids is 1. The lowest BCUT2D eigenvalue weighted by Gasteiger charge is -2.36. The molecule has 0 radical (unpaired) electrons. The third kappa shape index (κ3) is 4.00. The van der Waals surface area contributed by atoms with Crippen molar-refractivity contribution in [3.8, 4) is 5.75 Å². The Morgan fingerprint density at radius 2 is 1.82 bits per heavy atom. The summed E-state index contributed by atoms with van der Waals surface area (Å²) in [5.74, 6) is -0.402. The van der Waals surface area contributed by atoms with Gasteiger partial charge < -0.3 is 15.2 Å². The number of ether oxygens (including phenoxy) is 1. The molecule has 2 N–H and O–H groups in total. The molecule has 5 nitrogen and oxygen atoms in total. The molecule has 1 fully saturated rings. The standard InChI is InChI=1S/C17H23NO4/c1-16(2,3)22-13-7-5-12(6-8-13)18-14(19)11-17(15(20)21)9-4-10-17/h5-8H,4,9-11H2,1-3H3,(H,18,19)(H,20,21). The lowest BCUT2D eigenvalue weighted by Crippen LogP contribution is -2.41. The van der Waals surface area contributed by atoms with Crippen molar-refractivity contribution in [3.63, 3.8) is 0 Å². The van der Waals surface area contributed by atoms with Gasteiger partial charge in [0.05, 0.1) is 5.41 Å². The molecule has 0 bridgehead atoms. The van der Waals surface area contributed by atoms with Gasteiger partial charge in [-0.1, -0.05) is 6.42 Å². The molecule has 0 aliphatic heterocycles. The quantitative estimate of drug-likeness (QED) is 0.873. The third-order valence-corrected chi connectivity index (χ3v) is 3.83. The zero-order valence-corrected chi connectivity index (χ0v) is 13.3. The Morgan fingerprint density at radius 3 is 2.23 bits per heavy atom. The zero-order valence-electron chi connectivity index (χ0n) is 13.3. The van der Waals surface area contributed by atoms with E-state index in [9.17, 15) is 14.7 Å². The van der Waals surface area contributed by atoms with E-state index in [4.69, 9.17) is 4.74 Å². The molecule has 1 amide bonds. The first-order valence-electron chi connectivity index (χ1n) is 7.53. The summed E-state index contributed by atoms with van der Waals surface area (Å²) in [7, 11) is 0. The van der Waals surface area contributed by atoms with Crippen LogP contribution in [0, 0.1) is 5.41 Å². The molecule has 1 aliphatic carbocycles. The average molecular weight is 305 g/mol. The number of hydrogen-bond acceptors (Lipinski definition) is 3. The molecule has 0 heterocycles. The van der Waals surface area contributed by atoms with Crippen molar-refractivity contribution in [2.75, 3.05) is 5.32 Å². The predicted octanol–water partition coefficient (Wildman–Crippen LogP) is 3.45. The number of nitrogens with one attached hydrogen (secondary N) is 1. The maximum atomic E-state index is 12.0. The number of carboxylic acid groups (broad SMARTS) is 1. The number of carbonyl (C=O) groups is 2. The SMILES string of the molecule is CC(C)(C)Oc1ccc(NC(=O)CC2(C(=O)O)CCC2)cc1. The first kappa shape index (κ1) is 16.3. The number of anilines is 1. The van der Waals surface area contributed by atoms with Crippen LogP contribution in [-0.2, 0) is 9.59 Å². The van der Waals surface area contributed by atoms with Crippen LogP contribution in [0.4, 0.5) is 5.69 Å². The summed E-state index contributed by atoms with van der Waals surface area (Å²) < 4.78 is 5.71. The van der Waals surface area contributed by atoms with Gasteiger partial charge in [-0.25, -0.2) is 0 Å². The van der Waals surface area contributed by atoms with Crippen LogP contribution in [0.3, 0.4) is 0 Å². The van der Waals surface area contributed by atoms with Crippen molar-refractivity contribution >= 4 is 17.6 Å². The normalized spacial score (nSPS) is 16.5. The molecule has 2 rings (SSSR count). The van der Waals surface area contributed by atoms with E-state index >= 15 is 0 Å². The fourth-order valence-electron chi connectivity index (χ4n) is 2.54. The zero-order chi connectivity index (χ0) is 16.4. The summed E-state index contributed by atoms with van der Waals surface area (Å²) >= 11 is 0. The number of amides is 1. The van der Waals surface area contributed by atoms with E-state index < -0.39 is 11.4 Å². The Labute approximate surface area is 130 Å². The maximum absolute atomic E-state index is 12.0. The van der Waals surface area contributed by atoms with Gasteiger partial charge in [0, 0.05) is 12.1 Å². The molecule has 1 aromatic carbocycles. The molecular formula is C17H23NO4. The Morgan fingerprint density at radius 1 is 1.23 bits per heavy atom. The summed E-state index contributed by atoms with van der Waals surface area (Å²) in [4.78, 5) is 23.3. The number of carboxylic acids is 1. The summed E-state index contributed by atoms with van der Waals surface area (Å²) in [6.45, 7) is 5.89. The van der Waals surface area contributed by atoms with Gasteiger partial charge in [-0.2, -0.15) is 0 Å². The molecule has 0 spiro atoms. The molecule has 120 valence electrons. The number of benzene rings is 1. The van der Waals surface area contributed by atoms with Crippen LogP contribution in [0.5, 0.6) is 5.75 Å². The van der Waals surface area contributed by atoms with E-state index in [2.05, 4.69) is 5.32 Å². The second-order valence-corrected chi connectivity index (χ2v) is 6.90. The third-order valence-electron chi connectivity index (χ3n) is 3.83. The highest BCUT2D eigenvalue weighted by Gasteiger charge is 2.45. The topological polar surface area (TPSA) is 75.6 Å². The Balaban J connectivity index is 1.93. The van der Waals surface area contributed by atoms with Crippen molar-refractivity contribution in [2.45, 2.75) is 52.1 Å². The van der Waals surface area contributed by atoms with Gasteiger partial charge in [0.25, 0.3) is 0 Å². The van der Waals surface area contributed by atoms with Crippen LogP contribution >= 0.6 is 0 Å². The maximum Gasteiger partial charge on any atom is 0.310 e. The smallest absolute Gasteiger partial charge is 0.310 e. The largest absolute Gasteiger partial charge is 0.488 e. The van der Waals surface area contributed by atoms with E-state index in [1.807, 2.05) is 20.8 Å². The fourth-order valence-corrected chi connectivity index (χ4v) is 2.54. The van der Waals surface area contributed by atoms with Crippen molar-refractivity contribution in [1.29, 1.82) is 0 Å². The molecular weight excluding hydrogens is 282 g/mol. The van der Waals surface area contributed by atoms with E-state index in [1.165, 1.54) is 0 Å². The first-order valence-corrected chi connectivity index (χ1v) is 7.53. The molecule has 1 aromatic rings. The van der Waals surface area contributed by atoms with Gasteiger partial charge in [-0.15, -0.1) is 0 Å². The van der Waals surface area contributed by atoms with Crippen LogP contribution in [-0.4, -0.2) is 22.6 Å². The molecule has 0 saturated heterocycles. The van der Waals surface area contributed by atoms with Crippen molar-refractivity contribution in [3.05, 3.63) is 24.3 Å². The monoisotopic (exact) mass is 305 g/mol. The second kappa shape index (κ2) is 5.99. The molecule has 0 atom stereocenters. The van der Waals surface area contributed by atoms with Gasteiger partial charge in [-0.3, -0.25) is 9.59 Å². The molecule has 0 aromatic heterocycles.